The summed E-state index contributed by atoms with van der Waals surface area (Å²) in [5, 5.41) is 12.1. The van der Waals surface area contributed by atoms with Crippen molar-refractivity contribution >= 4 is 29.4 Å². The molecule has 0 aliphatic carbocycles. The maximum Gasteiger partial charge on any atom is 0.430 e. The Kier molecular flexibility index (Phi) is 8.51. The first-order valence-corrected chi connectivity index (χ1v) is 11.8. The van der Waals surface area contributed by atoms with Gasteiger partial charge in [0.1, 0.15) is 11.8 Å². The molecule has 1 N–H and O–H groups in total. The van der Waals surface area contributed by atoms with E-state index in [-0.39, 0.29) is 5.82 Å². The highest BCUT2D eigenvalue weighted by atomic mass is 35.5. The summed E-state index contributed by atoms with van der Waals surface area (Å²) >= 11 is 6.07. The van der Waals surface area contributed by atoms with Crippen LogP contribution in [0, 0.1) is 11.7 Å². The summed E-state index contributed by atoms with van der Waals surface area (Å²) in [6.45, 7) is 0.423. The van der Waals surface area contributed by atoms with Gasteiger partial charge in [0.05, 0.1) is 38.5 Å². The molecule has 0 radical (unpaired) electrons. The molecule has 0 spiro atoms. The standard InChI is InChI=1S/C23H26ClFN2O2.C2HF3O2/c1-27(2)19-7-8-20(27)11-15(10-19)14-29-23(28)26-22-9-6-18(25)13-21(22)16-4-3-5-17(24)12-16;3-2(4,5)1(6)7/h3-6,9,12-13,15,19-20H,7-8,10-11,14H2,1-2H3;(H,6,7)/t15-,19+,20-;. The van der Waals surface area contributed by atoms with Crippen LogP contribution in [0.1, 0.15) is 25.7 Å². The molecule has 2 aromatic rings. The third kappa shape index (κ3) is 6.88. The molecule has 2 aromatic carbocycles. The van der Waals surface area contributed by atoms with Crippen molar-refractivity contribution in [3.8, 4) is 11.1 Å². The predicted octanol–water partition coefficient (Wildman–Crippen LogP) is 5.01. The van der Waals surface area contributed by atoms with Gasteiger partial charge in [-0.15, -0.1) is 0 Å². The molecule has 0 unspecified atom stereocenters. The fourth-order valence-corrected chi connectivity index (χ4v) is 5.18. The van der Waals surface area contributed by atoms with E-state index in [4.69, 9.17) is 26.2 Å². The molecule has 6 nitrogen and oxygen atoms in total. The first kappa shape index (κ1) is 27.7. The van der Waals surface area contributed by atoms with E-state index < -0.39 is 18.2 Å². The van der Waals surface area contributed by atoms with Gasteiger partial charge in [-0.3, -0.25) is 5.32 Å². The van der Waals surface area contributed by atoms with Gasteiger partial charge in [-0.2, -0.15) is 13.2 Å². The zero-order valence-corrected chi connectivity index (χ0v) is 20.5. The number of carbonyl (C=O) groups excluding carboxylic acids is 2. The predicted molar refractivity (Wildman–Crippen MR) is 125 cm³/mol. The molecule has 2 aliphatic rings. The lowest BCUT2D eigenvalue weighted by Gasteiger charge is -2.44. The van der Waals surface area contributed by atoms with E-state index in [9.17, 15) is 22.4 Å². The highest BCUT2D eigenvalue weighted by molar-refractivity contribution is 6.30. The minimum absolute atomic E-state index is 0.377. The minimum Gasteiger partial charge on any atom is -0.542 e. The third-order valence-electron chi connectivity index (χ3n) is 6.96. The second kappa shape index (κ2) is 11.0. The number of fused-ring (bicyclic) bond motifs is 2. The van der Waals surface area contributed by atoms with Crippen LogP contribution in [0.25, 0.3) is 11.1 Å². The molecule has 2 aliphatic heterocycles. The van der Waals surface area contributed by atoms with Crippen LogP contribution in [0.5, 0.6) is 0 Å². The number of halogens is 5. The minimum atomic E-state index is -5.19. The number of carboxylic acid groups (broad SMARTS) is 1. The van der Waals surface area contributed by atoms with E-state index in [1.54, 1.807) is 24.3 Å². The number of benzene rings is 2. The second-order valence-corrected chi connectivity index (χ2v) is 10.00. The molecule has 196 valence electrons. The zero-order chi connectivity index (χ0) is 26.7. The molecule has 2 heterocycles. The zero-order valence-electron chi connectivity index (χ0n) is 19.8. The van der Waals surface area contributed by atoms with Gasteiger partial charge in [0.15, 0.2) is 0 Å². The lowest BCUT2D eigenvalue weighted by Crippen LogP contribution is -2.55. The van der Waals surface area contributed by atoms with E-state index in [1.165, 1.54) is 25.0 Å². The summed E-state index contributed by atoms with van der Waals surface area (Å²) in [6, 6.07) is 12.7. The highest BCUT2D eigenvalue weighted by Crippen LogP contribution is 2.42. The maximum atomic E-state index is 13.8. The number of quaternary nitrogens is 1. The van der Waals surface area contributed by atoms with Crippen molar-refractivity contribution in [2.45, 2.75) is 43.9 Å². The monoisotopic (exact) mass is 530 g/mol. The average molecular weight is 531 g/mol. The van der Waals surface area contributed by atoms with E-state index in [0.29, 0.717) is 40.9 Å². The van der Waals surface area contributed by atoms with Crippen LogP contribution in [0.4, 0.5) is 28.0 Å². The fourth-order valence-electron chi connectivity index (χ4n) is 4.99. The summed E-state index contributed by atoms with van der Waals surface area (Å²) in [5.74, 6) is -2.98. The Hall–Kier alpha value is -2.85. The van der Waals surface area contributed by atoms with Gasteiger partial charge < -0.3 is 19.1 Å². The number of carboxylic acids is 1. The normalized spacial score (nSPS) is 22.2. The Morgan fingerprint density at radius 3 is 2.28 bits per heavy atom. The quantitative estimate of drug-likeness (QED) is 0.445. The lowest BCUT2D eigenvalue weighted by molar-refractivity contribution is -0.931. The van der Waals surface area contributed by atoms with Crippen molar-refractivity contribution in [3.63, 3.8) is 0 Å². The number of anilines is 1. The van der Waals surface area contributed by atoms with Crippen LogP contribution in [0.15, 0.2) is 42.5 Å². The number of ether oxygens (including phenoxy) is 1. The van der Waals surface area contributed by atoms with Crippen molar-refractivity contribution in [1.29, 1.82) is 0 Å². The number of hydrogen-bond acceptors (Lipinski definition) is 4. The molecule has 11 heteroatoms. The topological polar surface area (TPSA) is 78.5 Å². The average Bonchev–Trinajstić information content (AvgIpc) is 2.95. The molecule has 4 rings (SSSR count). The molecule has 2 saturated heterocycles. The van der Waals surface area contributed by atoms with Crippen LogP contribution >= 0.6 is 11.6 Å². The largest absolute Gasteiger partial charge is 0.542 e. The number of nitrogens with one attached hydrogen (secondary N) is 1. The molecule has 0 aromatic heterocycles. The van der Waals surface area contributed by atoms with Crippen LogP contribution in [-0.2, 0) is 9.53 Å². The van der Waals surface area contributed by atoms with Crippen LogP contribution < -0.4 is 10.4 Å². The molecule has 3 atom stereocenters. The Morgan fingerprint density at radius 2 is 1.72 bits per heavy atom. The van der Waals surface area contributed by atoms with Crippen LogP contribution in [0.3, 0.4) is 0 Å². The summed E-state index contributed by atoms with van der Waals surface area (Å²) < 4.78 is 52.0. The number of amides is 1. The Morgan fingerprint density at radius 1 is 1.11 bits per heavy atom. The second-order valence-electron chi connectivity index (χ2n) is 9.56. The van der Waals surface area contributed by atoms with Crippen LogP contribution in [-0.4, -0.2) is 55.5 Å². The maximum absolute atomic E-state index is 13.8. The smallest absolute Gasteiger partial charge is 0.430 e. The first-order chi connectivity index (χ1) is 16.8. The summed E-state index contributed by atoms with van der Waals surface area (Å²) in [5.41, 5.74) is 1.80. The van der Waals surface area contributed by atoms with Crippen molar-refractivity contribution in [3.05, 3.63) is 53.3 Å². The molecule has 36 heavy (non-hydrogen) atoms. The Balaban J connectivity index is 0.000000454. The summed E-state index contributed by atoms with van der Waals surface area (Å²) in [6.07, 6.45) is -0.980. The van der Waals surface area contributed by atoms with Gasteiger partial charge in [0.25, 0.3) is 0 Å². The molecule has 2 bridgehead atoms. The number of alkyl halides is 3. The SMILES string of the molecule is C[N+]1(C)[C@@H]2CC[C@H]1C[C@@H](COC(=O)Nc1ccc(F)cc1-c1cccc(Cl)c1)C2.O=C([O-])C(F)(F)F. The van der Waals surface area contributed by atoms with Gasteiger partial charge in [0, 0.05) is 42.2 Å². The summed E-state index contributed by atoms with van der Waals surface area (Å²) in [4.78, 5) is 21.2. The van der Waals surface area contributed by atoms with Gasteiger partial charge in [0.2, 0.25) is 0 Å². The molecule has 1 amide bonds. The van der Waals surface area contributed by atoms with Crippen molar-refractivity contribution in [2.75, 3.05) is 26.0 Å². The fraction of sp³-hybridized carbons (Fsp3) is 0.440. The summed E-state index contributed by atoms with van der Waals surface area (Å²) in [7, 11) is 4.63. The van der Waals surface area contributed by atoms with E-state index >= 15 is 0 Å². The Labute approximate surface area is 211 Å². The number of carbonyl (C=O) groups is 2. The molecular formula is C25H27ClF4N2O4. The number of hydrogen-bond donors (Lipinski definition) is 1. The van der Waals surface area contributed by atoms with Crippen molar-refractivity contribution in [2.24, 2.45) is 5.92 Å². The van der Waals surface area contributed by atoms with Gasteiger partial charge in [-0.05, 0) is 35.9 Å². The van der Waals surface area contributed by atoms with Gasteiger partial charge >= 0.3 is 12.3 Å². The van der Waals surface area contributed by atoms with Crippen LogP contribution in [0.2, 0.25) is 5.02 Å². The van der Waals surface area contributed by atoms with E-state index in [2.05, 4.69) is 19.4 Å². The van der Waals surface area contributed by atoms with E-state index in [1.807, 2.05) is 6.07 Å². The molecular weight excluding hydrogens is 504 g/mol. The number of rotatable bonds is 4. The first-order valence-electron chi connectivity index (χ1n) is 11.4. The number of nitrogens with zero attached hydrogens (tertiary/aromatic N) is 1. The van der Waals surface area contributed by atoms with Crippen molar-refractivity contribution < 1.29 is 41.5 Å². The number of aliphatic carboxylic acids is 1. The van der Waals surface area contributed by atoms with Gasteiger partial charge in [-0.1, -0.05) is 23.7 Å². The molecule has 0 saturated carbocycles. The lowest BCUT2D eigenvalue weighted by atomic mass is 9.90. The van der Waals surface area contributed by atoms with Gasteiger partial charge in [-0.25, -0.2) is 9.18 Å². The highest BCUT2D eigenvalue weighted by Gasteiger charge is 2.48. The third-order valence-corrected chi connectivity index (χ3v) is 7.20. The van der Waals surface area contributed by atoms with Crippen molar-refractivity contribution in [1.82, 2.24) is 0 Å². The Bertz CT molecular complexity index is 1090. The number of piperidine rings is 1. The molecule has 2 fully saturated rings. The van der Waals surface area contributed by atoms with E-state index in [0.717, 1.165) is 22.9 Å².